The summed E-state index contributed by atoms with van der Waals surface area (Å²) in [7, 11) is 0. The number of benzene rings is 1. The molecule has 0 aliphatic carbocycles. The number of nitrogens with one attached hydrogen (secondary N) is 3. The van der Waals surface area contributed by atoms with Gasteiger partial charge < -0.3 is 16.0 Å². The molecule has 132 valence electrons. The summed E-state index contributed by atoms with van der Waals surface area (Å²) in [4.78, 5) is 28.0. The minimum Gasteiger partial charge on any atom is -0.352 e. The third kappa shape index (κ3) is 6.63. The van der Waals surface area contributed by atoms with E-state index in [4.69, 9.17) is 0 Å². The number of hydrogen-bond donors (Lipinski definition) is 3. The second-order valence-corrected chi connectivity index (χ2v) is 6.13. The van der Waals surface area contributed by atoms with E-state index in [2.05, 4.69) is 20.9 Å². The minimum atomic E-state index is -0.284. The second kappa shape index (κ2) is 9.42. The molecule has 0 aliphatic heterocycles. The van der Waals surface area contributed by atoms with Crippen LogP contribution in [-0.2, 0) is 6.42 Å². The molecule has 0 radical (unpaired) electrons. The zero-order valence-electron chi connectivity index (χ0n) is 14.6. The van der Waals surface area contributed by atoms with Gasteiger partial charge in [-0.1, -0.05) is 19.9 Å². The Balaban J connectivity index is 1.76. The van der Waals surface area contributed by atoms with Gasteiger partial charge in [-0.25, -0.2) is 4.79 Å². The number of aromatic nitrogens is 1. The molecule has 0 saturated heterocycles. The first-order chi connectivity index (χ1) is 12.0. The van der Waals surface area contributed by atoms with Crippen LogP contribution in [0.15, 0.2) is 48.7 Å². The Hall–Kier alpha value is -2.89. The summed E-state index contributed by atoms with van der Waals surface area (Å²) in [5.41, 5.74) is 2.14. The Morgan fingerprint density at radius 3 is 2.44 bits per heavy atom. The van der Waals surface area contributed by atoms with Crippen molar-refractivity contribution in [3.63, 3.8) is 0 Å². The molecule has 25 heavy (non-hydrogen) atoms. The fraction of sp³-hybridized carbons (Fsp3) is 0.316. The molecule has 1 aromatic heterocycles. The lowest BCUT2D eigenvalue weighted by molar-refractivity contribution is 0.0949. The van der Waals surface area contributed by atoms with Crippen molar-refractivity contribution in [1.29, 1.82) is 0 Å². The van der Waals surface area contributed by atoms with Crippen LogP contribution in [0.2, 0.25) is 0 Å². The van der Waals surface area contributed by atoms with Gasteiger partial charge in [0.2, 0.25) is 0 Å². The van der Waals surface area contributed by atoms with Gasteiger partial charge in [-0.15, -0.1) is 0 Å². The summed E-state index contributed by atoms with van der Waals surface area (Å²) in [6.45, 7) is 5.22. The average molecular weight is 340 g/mol. The molecule has 3 N–H and O–H groups in total. The number of rotatable bonds is 7. The van der Waals surface area contributed by atoms with E-state index in [-0.39, 0.29) is 11.9 Å². The van der Waals surface area contributed by atoms with Crippen molar-refractivity contribution in [3.05, 3.63) is 59.9 Å². The van der Waals surface area contributed by atoms with Gasteiger partial charge in [-0.05, 0) is 42.3 Å². The number of urea groups is 1. The van der Waals surface area contributed by atoms with E-state index in [1.54, 1.807) is 30.5 Å². The molecule has 1 aromatic carbocycles. The fourth-order valence-corrected chi connectivity index (χ4v) is 2.13. The summed E-state index contributed by atoms with van der Waals surface area (Å²) in [6, 6.07) is 12.2. The summed E-state index contributed by atoms with van der Waals surface area (Å²) >= 11 is 0. The Morgan fingerprint density at radius 2 is 1.80 bits per heavy atom. The molecule has 0 unspecified atom stereocenters. The van der Waals surface area contributed by atoms with E-state index in [1.807, 2.05) is 32.0 Å². The molecule has 2 rings (SSSR count). The predicted molar refractivity (Wildman–Crippen MR) is 98.6 cm³/mol. The lowest BCUT2D eigenvalue weighted by Gasteiger charge is -2.09. The summed E-state index contributed by atoms with van der Waals surface area (Å²) in [5.74, 6) is 0.291. The molecular weight excluding hydrogens is 316 g/mol. The molecule has 3 amide bonds. The largest absolute Gasteiger partial charge is 0.352 e. The van der Waals surface area contributed by atoms with Crippen molar-refractivity contribution < 1.29 is 9.59 Å². The van der Waals surface area contributed by atoms with Crippen molar-refractivity contribution in [2.75, 3.05) is 18.4 Å². The number of anilines is 1. The van der Waals surface area contributed by atoms with Crippen LogP contribution in [0, 0.1) is 5.92 Å². The van der Waals surface area contributed by atoms with Gasteiger partial charge in [0, 0.05) is 42.7 Å². The molecule has 2 aromatic rings. The van der Waals surface area contributed by atoms with E-state index in [1.165, 1.54) is 0 Å². The van der Waals surface area contributed by atoms with Gasteiger partial charge in [-0.3, -0.25) is 9.78 Å². The Kier molecular flexibility index (Phi) is 6.95. The molecule has 0 atom stereocenters. The predicted octanol–water partition coefficient (Wildman–Crippen LogP) is 2.83. The highest BCUT2D eigenvalue weighted by Gasteiger charge is 2.07. The number of pyridine rings is 1. The Labute approximate surface area is 148 Å². The molecular formula is C19H24N4O2. The van der Waals surface area contributed by atoms with Crippen LogP contribution in [0.1, 0.15) is 29.9 Å². The van der Waals surface area contributed by atoms with E-state index < -0.39 is 0 Å². The van der Waals surface area contributed by atoms with E-state index in [9.17, 15) is 9.59 Å². The van der Waals surface area contributed by atoms with Crippen molar-refractivity contribution >= 4 is 17.6 Å². The van der Waals surface area contributed by atoms with E-state index >= 15 is 0 Å². The first-order valence-electron chi connectivity index (χ1n) is 8.37. The summed E-state index contributed by atoms with van der Waals surface area (Å²) in [5, 5.41) is 8.38. The van der Waals surface area contributed by atoms with Gasteiger partial charge in [0.15, 0.2) is 0 Å². The quantitative estimate of drug-likeness (QED) is 0.725. The normalized spacial score (nSPS) is 10.4. The fourth-order valence-electron chi connectivity index (χ4n) is 2.13. The topological polar surface area (TPSA) is 83.1 Å². The first kappa shape index (κ1) is 18.4. The highest BCUT2D eigenvalue weighted by atomic mass is 16.2. The SMILES string of the molecule is CC(C)CNC(=O)c1ccc(NC(=O)NCCc2ccccn2)cc1. The number of carbonyl (C=O) groups excluding carboxylic acids is 2. The molecule has 1 heterocycles. The van der Waals surface area contributed by atoms with Gasteiger partial charge in [0.05, 0.1) is 0 Å². The smallest absolute Gasteiger partial charge is 0.319 e. The van der Waals surface area contributed by atoms with Crippen LogP contribution >= 0.6 is 0 Å². The Bertz CT molecular complexity index is 684. The highest BCUT2D eigenvalue weighted by Crippen LogP contribution is 2.09. The van der Waals surface area contributed by atoms with Crippen LogP contribution < -0.4 is 16.0 Å². The third-order valence-electron chi connectivity index (χ3n) is 3.47. The van der Waals surface area contributed by atoms with Gasteiger partial charge in [-0.2, -0.15) is 0 Å². The summed E-state index contributed by atoms with van der Waals surface area (Å²) in [6.07, 6.45) is 2.40. The maximum atomic E-state index is 11.9. The lowest BCUT2D eigenvalue weighted by atomic mass is 10.1. The third-order valence-corrected chi connectivity index (χ3v) is 3.47. The van der Waals surface area contributed by atoms with E-state index in [0.29, 0.717) is 36.7 Å². The maximum Gasteiger partial charge on any atom is 0.319 e. The monoisotopic (exact) mass is 340 g/mol. The molecule has 0 aliphatic rings. The van der Waals surface area contributed by atoms with Crippen LogP contribution in [-0.4, -0.2) is 30.0 Å². The van der Waals surface area contributed by atoms with Crippen molar-refractivity contribution in [1.82, 2.24) is 15.6 Å². The van der Waals surface area contributed by atoms with Gasteiger partial charge in [0.1, 0.15) is 0 Å². The van der Waals surface area contributed by atoms with Crippen molar-refractivity contribution in [2.45, 2.75) is 20.3 Å². The summed E-state index contributed by atoms with van der Waals surface area (Å²) < 4.78 is 0. The van der Waals surface area contributed by atoms with E-state index in [0.717, 1.165) is 5.69 Å². The Morgan fingerprint density at radius 1 is 1.04 bits per heavy atom. The molecule has 6 heteroatoms. The number of nitrogens with zero attached hydrogens (tertiary/aromatic N) is 1. The zero-order chi connectivity index (χ0) is 18.1. The molecule has 0 fully saturated rings. The number of amides is 3. The standard InChI is InChI=1S/C19H24N4O2/c1-14(2)13-22-18(24)15-6-8-17(9-7-15)23-19(25)21-12-10-16-5-3-4-11-20-16/h3-9,11,14H,10,12-13H2,1-2H3,(H,22,24)(H2,21,23,25). The molecule has 6 nitrogen and oxygen atoms in total. The highest BCUT2D eigenvalue weighted by molar-refractivity contribution is 5.95. The maximum absolute atomic E-state index is 11.9. The minimum absolute atomic E-state index is 0.111. The van der Waals surface area contributed by atoms with Gasteiger partial charge >= 0.3 is 6.03 Å². The average Bonchev–Trinajstić information content (AvgIpc) is 2.61. The number of carbonyl (C=O) groups is 2. The number of hydrogen-bond acceptors (Lipinski definition) is 3. The lowest BCUT2D eigenvalue weighted by Crippen LogP contribution is -2.30. The first-order valence-corrected chi connectivity index (χ1v) is 8.37. The van der Waals surface area contributed by atoms with Crippen molar-refractivity contribution in [3.8, 4) is 0 Å². The van der Waals surface area contributed by atoms with Crippen molar-refractivity contribution in [2.24, 2.45) is 5.92 Å². The van der Waals surface area contributed by atoms with Crippen LogP contribution in [0.25, 0.3) is 0 Å². The van der Waals surface area contributed by atoms with Gasteiger partial charge in [0.25, 0.3) is 5.91 Å². The zero-order valence-corrected chi connectivity index (χ0v) is 14.6. The second-order valence-electron chi connectivity index (χ2n) is 6.13. The molecule has 0 spiro atoms. The molecule has 0 bridgehead atoms. The molecule has 0 saturated carbocycles. The van der Waals surface area contributed by atoms with Crippen LogP contribution in [0.4, 0.5) is 10.5 Å². The van der Waals surface area contributed by atoms with Crippen LogP contribution in [0.3, 0.4) is 0 Å². The van der Waals surface area contributed by atoms with Crippen LogP contribution in [0.5, 0.6) is 0 Å².